The summed E-state index contributed by atoms with van der Waals surface area (Å²) in [5.74, 6) is 0. The van der Waals surface area contributed by atoms with E-state index in [4.69, 9.17) is 0 Å². The zero-order chi connectivity index (χ0) is 12.5. The van der Waals surface area contributed by atoms with Crippen LogP contribution in [0.3, 0.4) is 0 Å². The molecule has 92 valence electrons. The first-order chi connectivity index (χ1) is 8.75. The van der Waals surface area contributed by atoms with Gasteiger partial charge in [-0.05, 0) is 0 Å². The Morgan fingerprint density at radius 1 is 0.833 bits per heavy atom. The Bertz CT molecular complexity index is 515. The van der Waals surface area contributed by atoms with Crippen molar-refractivity contribution >= 4 is 27.2 Å². The quantitative estimate of drug-likeness (QED) is 0.659. The molecule has 0 unspecified atom stereocenters. The van der Waals surface area contributed by atoms with Crippen LogP contribution in [0.4, 0.5) is 0 Å². The summed E-state index contributed by atoms with van der Waals surface area (Å²) in [7, 11) is 2.22. The molecule has 0 spiro atoms. The summed E-state index contributed by atoms with van der Waals surface area (Å²) in [5, 5.41) is 0. The van der Waals surface area contributed by atoms with Crippen molar-refractivity contribution in [3.8, 4) is 0 Å². The molecule has 0 bridgehead atoms. The molecule has 0 aliphatic carbocycles. The number of nitrogens with zero attached hydrogens (tertiary/aromatic N) is 1. The van der Waals surface area contributed by atoms with E-state index in [-0.39, 0.29) is 0 Å². The molecule has 18 heavy (non-hydrogen) atoms. The molecule has 3 rings (SSSR count). The zero-order valence-corrected chi connectivity index (χ0v) is 13.5. The maximum absolute atomic E-state index is 2.51. The third kappa shape index (κ3) is 2.22. The molecule has 0 amide bonds. The van der Waals surface area contributed by atoms with Gasteiger partial charge in [-0.3, -0.25) is 0 Å². The van der Waals surface area contributed by atoms with Crippen molar-refractivity contribution in [1.29, 1.82) is 0 Å². The van der Waals surface area contributed by atoms with Crippen LogP contribution in [0, 0.1) is 0 Å². The average Bonchev–Trinajstić information content (AvgIpc) is 2.38. The molecule has 0 saturated carbocycles. The average molecular weight is 346 g/mol. The van der Waals surface area contributed by atoms with Crippen molar-refractivity contribution in [2.24, 2.45) is 0 Å². The van der Waals surface area contributed by atoms with Crippen LogP contribution in [0.5, 0.6) is 0 Å². The third-order valence-corrected chi connectivity index (χ3v) is 10.2. The normalized spacial score (nSPS) is 16.6. The molecule has 2 heteroatoms. The van der Waals surface area contributed by atoms with Crippen molar-refractivity contribution in [2.45, 2.75) is 18.0 Å². The summed E-state index contributed by atoms with van der Waals surface area (Å²) >= 11 is -1.50. The third-order valence-electron chi connectivity index (χ3n) is 3.59. The summed E-state index contributed by atoms with van der Waals surface area (Å²) in [6.45, 7) is 2.16. The number of fused-ring (bicyclic) bond motifs is 2. The van der Waals surface area contributed by atoms with Gasteiger partial charge in [-0.15, -0.1) is 0 Å². The van der Waals surface area contributed by atoms with Gasteiger partial charge in [-0.1, -0.05) is 0 Å². The Hall–Kier alpha value is -0.782. The fraction of sp³-hybridized carbons (Fsp3) is 0.250. The van der Waals surface area contributed by atoms with Crippen LogP contribution >= 0.6 is 0 Å². The first-order valence-electron chi connectivity index (χ1n) is 6.34. The number of hydrogen-bond donors (Lipinski definition) is 0. The summed E-state index contributed by atoms with van der Waals surface area (Å²) in [6.07, 6.45) is 0. The molecule has 0 aromatic heterocycles. The second-order valence-corrected chi connectivity index (χ2v) is 10.9. The van der Waals surface area contributed by atoms with Gasteiger partial charge in [0.25, 0.3) is 0 Å². The van der Waals surface area contributed by atoms with Gasteiger partial charge in [0.2, 0.25) is 0 Å². The Morgan fingerprint density at radius 3 is 1.78 bits per heavy atom. The van der Waals surface area contributed by atoms with Gasteiger partial charge in [0.1, 0.15) is 0 Å². The van der Waals surface area contributed by atoms with E-state index in [1.165, 1.54) is 0 Å². The Balaban J connectivity index is 2.17. The van der Waals surface area contributed by atoms with Crippen LogP contribution in [0.2, 0.25) is 4.87 Å². The van der Waals surface area contributed by atoms with E-state index in [2.05, 4.69) is 65.3 Å². The minimum atomic E-state index is -1.50. The Morgan fingerprint density at radius 2 is 1.28 bits per heavy atom. The molecule has 0 saturated heterocycles. The van der Waals surface area contributed by atoms with Gasteiger partial charge >= 0.3 is 117 Å². The molecule has 0 N–H and O–H groups in total. The standard InChI is InChI=1S/C15H15N.CH3.Sb/c1-16(12-14-8-4-2-5-9-14)13-15-10-6-3-7-11-15;;/h2-8,10H,12-13H2,1H3;1H3;. The zero-order valence-electron chi connectivity index (χ0n) is 10.9. The molecule has 0 atom stereocenters. The molecule has 0 fully saturated rings. The Labute approximate surface area is 116 Å². The second-order valence-electron chi connectivity index (χ2n) is 4.99. The molecular weight excluding hydrogens is 328 g/mol. The van der Waals surface area contributed by atoms with Crippen molar-refractivity contribution in [1.82, 2.24) is 4.90 Å². The molecule has 1 heterocycles. The molecular formula is C16H18NSb. The van der Waals surface area contributed by atoms with E-state index < -0.39 is 20.2 Å². The van der Waals surface area contributed by atoms with Crippen molar-refractivity contribution in [2.75, 3.05) is 7.05 Å². The first-order valence-corrected chi connectivity index (χ1v) is 11.4. The number of hydrogen-bond acceptors (Lipinski definition) is 1. The van der Waals surface area contributed by atoms with E-state index in [1.54, 1.807) is 18.1 Å². The van der Waals surface area contributed by atoms with Gasteiger partial charge in [0, 0.05) is 0 Å². The van der Waals surface area contributed by atoms with Crippen molar-refractivity contribution < 1.29 is 0 Å². The van der Waals surface area contributed by atoms with Crippen LogP contribution < -0.4 is 7.02 Å². The fourth-order valence-electron chi connectivity index (χ4n) is 2.71. The number of benzene rings is 2. The van der Waals surface area contributed by atoms with Crippen LogP contribution in [-0.4, -0.2) is 32.2 Å². The molecule has 1 nitrogen and oxygen atoms in total. The van der Waals surface area contributed by atoms with Crippen molar-refractivity contribution in [3.05, 3.63) is 59.7 Å². The maximum atomic E-state index is 2.51. The monoisotopic (exact) mass is 345 g/mol. The molecule has 1 aliphatic heterocycles. The molecule has 0 radical (unpaired) electrons. The van der Waals surface area contributed by atoms with E-state index in [9.17, 15) is 0 Å². The van der Waals surface area contributed by atoms with E-state index in [0.717, 1.165) is 13.1 Å². The summed E-state index contributed by atoms with van der Waals surface area (Å²) in [4.78, 5) is 4.93. The summed E-state index contributed by atoms with van der Waals surface area (Å²) in [6, 6.07) is 18.1. The fourth-order valence-corrected chi connectivity index (χ4v) is 8.51. The van der Waals surface area contributed by atoms with Crippen LogP contribution in [0.1, 0.15) is 11.1 Å². The Kier molecular flexibility index (Phi) is 3.45. The number of rotatable bonds is 0. The minimum absolute atomic E-state index is 1.08. The molecule has 2 aromatic carbocycles. The first kappa shape index (κ1) is 12.3. The van der Waals surface area contributed by atoms with Crippen LogP contribution in [0.25, 0.3) is 0 Å². The van der Waals surface area contributed by atoms with Gasteiger partial charge in [-0.2, -0.15) is 0 Å². The summed E-state index contributed by atoms with van der Waals surface area (Å²) < 4.78 is 3.30. The van der Waals surface area contributed by atoms with E-state index in [1.807, 2.05) is 0 Å². The van der Waals surface area contributed by atoms with Gasteiger partial charge in [0.05, 0.1) is 0 Å². The summed E-state index contributed by atoms with van der Waals surface area (Å²) in [5.41, 5.74) is 3.08. The van der Waals surface area contributed by atoms with Crippen LogP contribution in [0.15, 0.2) is 48.5 Å². The topological polar surface area (TPSA) is 3.24 Å². The van der Waals surface area contributed by atoms with Gasteiger partial charge < -0.3 is 0 Å². The predicted molar refractivity (Wildman–Crippen MR) is 78.9 cm³/mol. The van der Waals surface area contributed by atoms with E-state index in [0.29, 0.717) is 0 Å². The van der Waals surface area contributed by atoms with E-state index >= 15 is 0 Å². The van der Waals surface area contributed by atoms with Gasteiger partial charge in [0.15, 0.2) is 0 Å². The van der Waals surface area contributed by atoms with Crippen molar-refractivity contribution in [3.63, 3.8) is 0 Å². The molecule has 1 aliphatic rings. The predicted octanol–water partition coefficient (Wildman–Crippen LogP) is 1.87. The molecule has 2 aromatic rings. The van der Waals surface area contributed by atoms with Gasteiger partial charge in [-0.25, -0.2) is 0 Å². The second kappa shape index (κ2) is 5.07. The van der Waals surface area contributed by atoms with Crippen LogP contribution in [-0.2, 0) is 13.1 Å². The SMILES string of the molecule is CN1Cc2cccc[c]2[Sb]([CH3])[c]2ccccc2C1.